The van der Waals surface area contributed by atoms with Gasteiger partial charge in [0, 0.05) is 5.56 Å². The van der Waals surface area contributed by atoms with Crippen LogP contribution >= 0.6 is 0 Å². The molecular weight excluding hydrogens is 304 g/mol. The number of benzene rings is 2. The highest BCUT2D eigenvalue weighted by atomic mass is 19.2. The number of halogens is 2. The minimum atomic E-state index is -1.05. The maximum atomic E-state index is 13.4. The SMILES string of the molecule is O=C(O)c1ccccc1Cn1nncc1-c1ccc(F)c(F)c1. The molecule has 3 aromatic rings. The third-order valence-corrected chi connectivity index (χ3v) is 3.40. The Hall–Kier alpha value is -3.09. The minimum absolute atomic E-state index is 0.150. The summed E-state index contributed by atoms with van der Waals surface area (Å²) in [6.07, 6.45) is 1.41. The Labute approximate surface area is 129 Å². The van der Waals surface area contributed by atoms with Crippen molar-refractivity contribution in [2.24, 2.45) is 0 Å². The molecule has 0 aliphatic heterocycles. The van der Waals surface area contributed by atoms with E-state index in [1.165, 1.54) is 23.0 Å². The summed E-state index contributed by atoms with van der Waals surface area (Å²) in [5, 5.41) is 16.9. The Kier molecular flexibility index (Phi) is 3.84. The van der Waals surface area contributed by atoms with Gasteiger partial charge in [-0.25, -0.2) is 18.3 Å². The lowest BCUT2D eigenvalue weighted by molar-refractivity contribution is 0.0695. The molecule has 116 valence electrons. The number of nitrogens with zero attached hydrogens (tertiary/aromatic N) is 3. The first-order valence-electron chi connectivity index (χ1n) is 6.71. The number of carboxylic acid groups (broad SMARTS) is 1. The summed E-state index contributed by atoms with van der Waals surface area (Å²) in [5.41, 5.74) is 1.55. The van der Waals surface area contributed by atoms with Crippen molar-refractivity contribution in [3.8, 4) is 11.3 Å². The molecule has 0 aliphatic carbocycles. The van der Waals surface area contributed by atoms with Crippen molar-refractivity contribution in [3.63, 3.8) is 0 Å². The van der Waals surface area contributed by atoms with Gasteiger partial charge in [-0.3, -0.25) is 0 Å². The van der Waals surface area contributed by atoms with E-state index in [0.29, 0.717) is 16.8 Å². The van der Waals surface area contributed by atoms with E-state index in [2.05, 4.69) is 10.3 Å². The first kappa shape index (κ1) is 14.8. The summed E-state index contributed by atoms with van der Waals surface area (Å²) >= 11 is 0. The number of hydrogen-bond acceptors (Lipinski definition) is 3. The molecule has 0 bridgehead atoms. The molecule has 3 rings (SSSR count). The summed E-state index contributed by atoms with van der Waals surface area (Å²) < 4.78 is 27.9. The van der Waals surface area contributed by atoms with Gasteiger partial charge in [0.1, 0.15) is 0 Å². The molecular formula is C16H11F2N3O2. The van der Waals surface area contributed by atoms with Gasteiger partial charge in [-0.05, 0) is 29.8 Å². The van der Waals surface area contributed by atoms with Crippen LogP contribution in [0.25, 0.3) is 11.3 Å². The van der Waals surface area contributed by atoms with Crippen molar-refractivity contribution in [3.05, 3.63) is 71.4 Å². The third kappa shape index (κ3) is 2.94. The fourth-order valence-electron chi connectivity index (χ4n) is 2.28. The molecule has 1 aromatic heterocycles. The van der Waals surface area contributed by atoms with Crippen molar-refractivity contribution in [1.82, 2.24) is 15.0 Å². The van der Waals surface area contributed by atoms with Crippen LogP contribution in [0.3, 0.4) is 0 Å². The molecule has 0 atom stereocenters. The van der Waals surface area contributed by atoms with E-state index in [1.54, 1.807) is 18.2 Å². The van der Waals surface area contributed by atoms with Crippen LogP contribution < -0.4 is 0 Å². The van der Waals surface area contributed by atoms with E-state index >= 15 is 0 Å². The first-order valence-corrected chi connectivity index (χ1v) is 6.71. The van der Waals surface area contributed by atoms with Crippen LogP contribution in [0.15, 0.2) is 48.7 Å². The lowest BCUT2D eigenvalue weighted by Crippen LogP contribution is -2.09. The number of carboxylic acids is 1. The average molecular weight is 315 g/mol. The smallest absolute Gasteiger partial charge is 0.336 e. The van der Waals surface area contributed by atoms with E-state index in [1.807, 2.05) is 0 Å². The average Bonchev–Trinajstić information content (AvgIpc) is 2.98. The van der Waals surface area contributed by atoms with E-state index in [0.717, 1.165) is 12.1 Å². The molecule has 2 aromatic carbocycles. The van der Waals surface area contributed by atoms with Crippen LogP contribution in [0.1, 0.15) is 15.9 Å². The number of carbonyl (C=O) groups is 1. The van der Waals surface area contributed by atoms with E-state index < -0.39 is 17.6 Å². The highest BCUT2D eigenvalue weighted by Gasteiger charge is 2.14. The highest BCUT2D eigenvalue weighted by Crippen LogP contribution is 2.22. The van der Waals surface area contributed by atoms with E-state index in [4.69, 9.17) is 0 Å². The van der Waals surface area contributed by atoms with Crippen molar-refractivity contribution >= 4 is 5.97 Å². The highest BCUT2D eigenvalue weighted by molar-refractivity contribution is 5.89. The number of aromatic carboxylic acids is 1. The summed E-state index contributed by atoms with van der Waals surface area (Å²) in [7, 11) is 0. The fraction of sp³-hybridized carbons (Fsp3) is 0.0625. The number of aromatic nitrogens is 3. The van der Waals surface area contributed by atoms with Crippen molar-refractivity contribution in [2.75, 3.05) is 0 Å². The second kappa shape index (κ2) is 5.96. The normalized spacial score (nSPS) is 10.7. The molecule has 0 aliphatic rings. The maximum Gasteiger partial charge on any atom is 0.336 e. The zero-order valence-electron chi connectivity index (χ0n) is 11.8. The van der Waals surface area contributed by atoms with Gasteiger partial charge in [0.25, 0.3) is 0 Å². The van der Waals surface area contributed by atoms with Crippen LogP contribution in [0.4, 0.5) is 8.78 Å². The zero-order valence-corrected chi connectivity index (χ0v) is 11.8. The van der Waals surface area contributed by atoms with Gasteiger partial charge >= 0.3 is 5.97 Å². The molecule has 5 nitrogen and oxygen atoms in total. The molecule has 0 radical (unpaired) electrons. The molecule has 0 saturated carbocycles. The van der Waals surface area contributed by atoms with Gasteiger partial charge < -0.3 is 5.11 Å². The topological polar surface area (TPSA) is 68.0 Å². The van der Waals surface area contributed by atoms with Gasteiger partial charge in [0.05, 0.1) is 24.0 Å². The summed E-state index contributed by atoms with van der Waals surface area (Å²) in [4.78, 5) is 11.3. The van der Waals surface area contributed by atoms with E-state index in [-0.39, 0.29) is 12.1 Å². The fourth-order valence-corrected chi connectivity index (χ4v) is 2.28. The van der Waals surface area contributed by atoms with Gasteiger partial charge in [-0.1, -0.05) is 23.4 Å². The van der Waals surface area contributed by atoms with Gasteiger partial charge in [-0.15, -0.1) is 5.10 Å². The van der Waals surface area contributed by atoms with E-state index in [9.17, 15) is 18.7 Å². The molecule has 0 saturated heterocycles. The van der Waals surface area contributed by atoms with Crippen LogP contribution in [0, 0.1) is 11.6 Å². The Bertz CT molecular complexity index is 877. The molecule has 0 unspecified atom stereocenters. The molecule has 1 N–H and O–H groups in total. The monoisotopic (exact) mass is 315 g/mol. The Balaban J connectivity index is 1.99. The first-order chi connectivity index (χ1) is 11.1. The summed E-state index contributed by atoms with van der Waals surface area (Å²) in [6.45, 7) is 0.150. The largest absolute Gasteiger partial charge is 0.478 e. The van der Waals surface area contributed by atoms with Crippen LogP contribution in [0.5, 0.6) is 0 Å². The second-order valence-corrected chi connectivity index (χ2v) is 4.87. The lowest BCUT2D eigenvalue weighted by atomic mass is 10.1. The molecule has 7 heteroatoms. The van der Waals surface area contributed by atoms with Crippen LogP contribution in [-0.2, 0) is 6.54 Å². The molecule has 23 heavy (non-hydrogen) atoms. The Morgan fingerprint density at radius 2 is 1.91 bits per heavy atom. The quantitative estimate of drug-likeness (QED) is 0.803. The summed E-state index contributed by atoms with van der Waals surface area (Å²) in [5.74, 6) is -2.96. The standard InChI is InChI=1S/C16H11F2N3O2/c17-13-6-5-10(7-14(13)18)15-8-19-20-21(15)9-11-3-1-2-4-12(11)16(22)23/h1-8H,9H2,(H,22,23). The van der Waals surface area contributed by atoms with Gasteiger partial charge in [0.2, 0.25) is 0 Å². The number of hydrogen-bond donors (Lipinski definition) is 1. The van der Waals surface area contributed by atoms with Crippen molar-refractivity contribution in [2.45, 2.75) is 6.54 Å². The molecule has 0 fully saturated rings. The predicted molar refractivity (Wildman–Crippen MR) is 77.9 cm³/mol. The van der Waals surface area contributed by atoms with Crippen LogP contribution in [0.2, 0.25) is 0 Å². The molecule has 0 spiro atoms. The molecule has 0 amide bonds. The second-order valence-electron chi connectivity index (χ2n) is 4.87. The minimum Gasteiger partial charge on any atom is -0.478 e. The van der Waals surface area contributed by atoms with Crippen molar-refractivity contribution < 1.29 is 18.7 Å². The summed E-state index contributed by atoms with van der Waals surface area (Å²) in [6, 6.07) is 9.99. The Morgan fingerprint density at radius 3 is 2.65 bits per heavy atom. The number of rotatable bonds is 4. The maximum absolute atomic E-state index is 13.4. The van der Waals surface area contributed by atoms with Gasteiger partial charge in [0.15, 0.2) is 11.6 Å². The van der Waals surface area contributed by atoms with Gasteiger partial charge in [-0.2, -0.15) is 0 Å². The Morgan fingerprint density at radius 1 is 1.13 bits per heavy atom. The lowest BCUT2D eigenvalue weighted by Gasteiger charge is -2.09. The van der Waals surface area contributed by atoms with Crippen molar-refractivity contribution in [1.29, 1.82) is 0 Å². The zero-order chi connectivity index (χ0) is 16.4. The third-order valence-electron chi connectivity index (χ3n) is 3.40. The van der Waals surface area contributed by atoms with Crippen LogP contribution in [-0.4, -0.2) is 26.1 Å². The predicted octanol–water partition coefficient (Wildman–Crippen LogP) is 2.97. The molecule has 1 heterocycles.